The van der Waals surface area contributed by atoms with Crippen LogP contribution in [0.4, 0.5) is 0 Å². The summed E-state index contributed by atoms with van der Waals surface area (Å²) < 4.78 is 26.4. The molecule has 0 bridgehead atoms. The standard InChI is InChI=1S/C16H19ClN2O2S2/c1-18(2)23(20,21)9-7-14-12-10-19(3)8-6-11-13(17)4-5-15(22-14)16(11)12/h4-5,7,9H,6,8,10H2,1-3H3/b9-7+. The molecule has 7 heteroatoms. The number of rotatable bonds is 3. The Morgan fingerprint density at radius 3 is 2.74 bits per heavy atom. The lowest BCUT2D eigenvalue weighted by Gasteiger charge is -2.13. The maximum atomic E-state index is 12.0. The molecule has 4 nitrogen and oxygen atoms in total. The molecule has 0 saturated heterocycles. The third kappa shape index (κ3) is 3.19. The molecular formula is C16H19ClN2O2S2. The molecular weight excluding hydrogens is 352 g/mol. The molecule has 3 rings (SSSR count). The Morgan fingerprint density at radius 2 is 2.04 bits per heavy atom. The lowest BCUT2D eigenvalue weighted by Crippen LogP contribution is -2.19. The summed E-state index contributed by atoms with van der Waals surface area (Å²) in [5, 5.41) is 3.28. The van der Waals surface area contributed by atoms with Gasteiger partial charge in [0.25, 0.3) is 0 Å². The highest BCUT2D eigenvalue weighted by atomic mass is 35.5. The van der Waals surface area contributed by atoms with Crippen molar-refractivity contribution in [3.63, 3.8) is 0 Å². The topological polar surface area (TPSA) is 40.6 Å². The van der Waals surface area contributed by atoms with Crippen molar-refractivity contribution in [3.8, 4) is 0 Å². The van der Waals surface area contributed by atoms with Crippen LogP contribution in [0.2, 0.25) is 5.02 Å². The summed E-state index contributed by atoms with van der Waals surface area (Å²) in [4.78, 5) is 3.23. The van der Waals surface area contributed by atoms with Gasteiger partial charge in [-0.3, -0.25) is 0 Å². The molecule has 0 amide bonds. The Kier molecular flexibility index (Phi) is 4.55. The summed E-state index contributed by atoms with van der Waals surface area (Å²) in [5.41, 5.74) is 2.35. The molecule has 1 aromatic carbocycles. The summed E-state index contributed by atoms with van der Waals surface area (Å²) in [6.45, 7) is 1.74. The lowest BCUT2D eigenvalue weighted by molar-refractivity contribution is 0.337. The molecule has 0 spiro atoms. The van der Waals surface area contributed by atoms with Crippen molar-refractivity contribution >= 4 is 49.1 Å². The third-order valence-electron chi connectivity index (χ3n) is 4.11. The van der Waals surface area contributed by atoms with E-state index < -0.39 is 10.0 Å². The lowest BCUT2D eigenvalue weighted by atomic mass is 10.0. The molecule has 2 heterocycles. The van der Waals surface area contributed by atoms with Crippen LogP contribution >= 0.6 is 22.9 Å². The van der Waals surface area contributed by atoms with Crippen LogP contribution in [-0.2, 0) is 23.0 Å². The van der Waals surface area contributed by atoms with Crippen molar-refractivity contribution < 1.29 is 8.42 Å². The first kappa shape index (κ1) is 16.9. The number of sulfonamides is 1. The van der Waals surface area contributed by atoms with E-state index in [0.717, 1.165) is 34.1 Å². The van der Waals surface area contributed by atoms with Crippen molar-refractivity contribution in [2.45, 2.75) is 13.0 Å². The first-order valence-corrected chi connectivity index (χ1v) is 10.0. The van der Waals surface area contributed by atoms with E-state index in [1.165, 1.54) is 40.3 Å². The number of thiophene rings is 1. The van der Waals surface area contributed by atoms with E-state index in [-0.39, 0.29) is 0 Å². The monoisotopic (exact) mass is 370 g/mol. The summed E-state index contributed by atoms with van der Waals surface area (Å²) >= 11 is 8.02. The first-order valence-electron chi connectivity index (χ1n) is 7.31. The van der Waals surface area contributed by atoms with Crippen molar-refractivity contribution in [1.82, 2.24) is 9.21 Å². The van der Waals surface area contributed by atoms with Crippen LogP contribution in [-0.4, -0.2) is 45.3 Å². The average molecular weight is 371 g/mol. The Balaban J connectivity index is 2.17. The van der Waals surface area contributed by atoms with E-state index in [9.17, 15) is 8.42 Å². The molecule has 0 radical (unpaired) electrons. The molecule has 0 aliphatic carbocycles. The summed E-state index contributed by atoms with van der Waals surface area (Å²) in [6, 6.07) is 3.97. The zero-order chi connectivity index (χ0) is 16.8. The number of hydrogen-bond acceptors (Lipinski definition) is 4. The van der Waals surface area contributed by atoms with E-state index in [4.69, 9.17) is 11.6 Å². The molecule has 0 fully saturated rings. The maximum absolute atomic E-state index is 12.0. The zero-order valence-electron chi connectivity index (χ0n) is 13.3. The van der Waals surface area contributed by atoms with Gasteiger partial charge < -0.3 is 4.90 Å². The molecule has 1 aliphatic heterocycles. The van der Waals surface area contributed by atoms with Gasteiger partial charge in [0.1, 0.15) is 0 Å². The molecule has 0 saturated carbocycles. The van der Waals surface area contributed by atoms with Crippen molar-refractivity contribution in [2.24, 2.45) is 0 Å². The van der Waals surface area contributed by atoms with Crippen LogP contribution < -0.4 is 0 Å². The van der Waals surface area contributed by atoms with Crippen molar-refractivity contribution in [2.75, 3.05) is 27.7 Å². The van der Waals surface area contributed by atoms with Crippen LogP contribution in [0.25, 0.3) is 16.2 Å². The minimum Gasteiger partial charge on any atom is -0.302 e. The van der Waals surface area contributed by atoms with Gasteiger partial charge in [0, 0.05) is 52.6 Å². The molecule has 23 heavy (non-hydrogen) atoms. The van der Waals surface area contributed by atoms with Gasteiger partial charge in [0.2, 0.25) is 10.0 Å². The van der Waals surface area contributed by atoms with E-state index >= 15 is 0 Å². The second-order valence-corrected chi connectivity index (χ2v) is 9.49. The normalized spacial score (nSPS) is 16.6. The number of halogens is 1. The van der Waals surface area contributed by atoms with Gasteiger partial charge >= 0.3 is 0 Å². The van der Waals surface area contributed by atoms with Crippen LogP contribution in [0.3, 0.4) is 0 Å². The largest absolute Gasteiger partial charge is 0.302 e. The second kappa shape index (κ2) is 6.18. The third-order valence-corrected chi connectivity index (χ3v) is 7.12. The predicted molar refractivity (Wildman–Crippen MR) is 98.5 cm³/mol. The Labute approximate surface area is 146 Å². The summed E-state index contributed by atoms with van der Waals surface area (Å²) in [7, 11) is 1.78. The minimum atomic E-state index is -3.36. The zero-order valence-corrected chi connectivity index (χ0v) is 15.7. The van der Waals surface area contributed by atoms with Crippen LogP contribution in [0.5, 0.6) is 0 Å². The fourth-order valence-electron chi connectivity index (χ4n) is 2.78. The van der Waals surface area contributed by atoms with Gasteiger partial charge in [0.15, 0.2) is 0 Å². The van der Waals surface area contributed by atoms with E-state index in [1.807, 2.05) is 12.1 Å². The Morgan fingerprint density at radius 1 is 1.30 bits per heavy atom. The average Bonchev–Trinajstić information content (AvgIpc) is 2.71. The summed E-state index contributed by atoms with van der Waals surface area (Å²) in [5.74, 6) is 0. The number of nitrogens with zero attached hydrogens (tertiary/aromatic N) is 2. The fourth-order valence-corrected chi connectivity index (χ4v) is 4.81. The smallest absolute Gasteiger partial charge is 0.235 e. The van der Waals surface area contributed by atoms with E-state index in [1.54, 1.807) is 17.4 Å². The molecule has 124 valence electrons. The van der Waals surface area contributed by atoms with E-state index in [0.29, 0.717) is 0 Å². The number of benzene rings is 1. The van der Waals surface area contributed by atoms with Gasteiger partial charge in [-0.15, -0.1) is 11.3 Å². The molecule has 0 atom stereocenters. The van der Waals surface area contributed by atoms with Gasteiger partial charge in [-0.05, 0) is 42.8 Å². The highest BCUT2D eigenvalue weighted by molar-refractivity contribution is 7.92. The van der Waals surface area contributed by atoms with Crippen molar-refractivity contribution in [3.05, 3.63) is 38.6 Å². The predicted octanol–water partition coefficient (Wildman–Crippen LogP) is 3.40. The van der Waals surface area contributed by atoms with E-state index in [2.05, 4.69) is 11.9 Å². The molecule has 1 aliphatic rings. The minimum absolute atomic E-state index is 0.795. The molecule has 0 N–H and O–H groups in total. The summed E-state index contributed by atoms with van der Waals surface area (Å²) in [6.07, 6.45) is 2.63. The van der Waals surface area contributed by atoms with Gasteiger partial charge in [-0.25, -0.2) is 12.7 Å². The molecule has 2 aromatic rings. The van der Waals surface area contributed by atoms with Crippen molar-refractivity contribution in [1.29, 1.82) is 0 Å². The van der Waals surface area contributed by atoms with Crippen LogP contribution in [0.1, 0.15) is 16.0 Å². The molecule has 0 unspecified atom stereocenters. The number of likely N-dealkylation sites (N-methyl/N-ethyl adjacent to an activating group) is 1. The highest BCUT2D eigenvalue weighted by Crippen LogP contribution is 2.40. The Bertz CT molecular complexity index is 885. The van der Waals surface area contributed by atoms with Crippen LogP contribution in [0.15, 0.2) is 17.5 Å². The van der Waals surface area contributed by atoms with Crippen LogP contribution in [0, 0.1) is 0 Å². The fraction of sp³-hybridized carbons (Fsp3) is 0.375. The first-order chi connectivity index (χ1) is 10.8. The van der Waals surface area contributed by atoms with Gasteiger partial charge in [-0.1, -0.05) is 11.6 Å². The van der Waals surface area contributed by atoms with Gasteiger partial charge in [-0.2, -0.15) is 0 Å². The maximum Gasteiger partial charge on any atom is 0.235 e. The highest BCUT2D eigenvalue weighted by Gasteiger charge is 2.21. The SMILES string of the molecule is CN1CCc2c(Cl)ccc3sc(/C=C/S(=O)(=O)N(C)C)c(c23)C1. The quantitative estimate of drug-likeness (QED) is 0.831. The number of hydrogen-bond donors (Lipinski definition) is 0. The Hall–Kier alpha value is -0.920. The van der Waals surface area contributed by atoms with Gasteiger partial charge in [0.05, 0.1) is 0 Å². The second-order valence-electron chi connectivity index (χ2n) is 5.96. The molecule has 1 aromatic heterocycles.